The molecule has 1 aromatic carbocycles. The van der Waals surface area contributed by atoms with Crippen molar-refractivity contribution in [2.45, 2.75) is 65.5 Å². The molecular weight excluding hydrogens is 222 g/mol. The first-order valence-electron chi connectivity index (χ1n) is 7.13. The van der Waals surface area contributed by atoms with Crippen LogP contribution in [0.5, 0.6) is 5.75 Å². The fraction of sp³-hybridized carbons (Fsp3) is 0.625. The van der Waals surface area contributed by atoms with Crippen LogP contribution in [0.3, 0.4) is 0 Å². The molecule has 0 aliphatic carbocycles. The molecule has 0 aliphatic heterocycles. The first-order chi connectivity index (χ1) is 8.67. The van der Waals surface area contributed by atoms with Crippen LogP contribution in [0, 0.1) is 6.92 Å². The quantitative estimate of drug-likeness (QED) is 0.701. The van der Waals surface area contributed by atoms with Crippen LogP contribution in [0.15, 0.2) is 18.2 Å². The Morgan fingerprint density at radius 2 is 2.00 bits per heavy atom. The van der Waals surface area contributed by atoms with Crippen LogP contribution in [-0.2, 0) is 6.54 Å². The summed E-state index contributed by atoms with van der Waals surface area (Å²) in [5, 5.41) is 0. The molecule has 0 amide bonds. The summed E-state index contributed by atoms with van der Waals surface area (Å²) in [5.74, 6) is 0.965. The average molecular weight is 249 g/mol. The van der Waals surface area contributed by atoms with Gasteiger partial charge in [-0.25, -0.2) is 0 Å². The molecule has 1 atom stereocenters. The molecule has 18 heavy (non-hydrogen) atoms. The number of ether oxygens (including phenoxy) is 1. The predicted octanol–water partition coefficient (Wildman–Crippen LogP) is 4.19. The number of aryl methyl sites for hydroxylation is 1. The van der Waals surface area contributed by atoms with Crippen molar-refractivity contribution in [1.29, 1.82) is 0 Å². The fourth-order valence-electron chi connectivity index (χ4n) is 2.12. The minimum absolute atomic E-state index is 0.296. The van der Waals surface area contributed by atoms with Crippen LogP contribution in [0.1, 0.15) is 57.1 Å². The van der Waals surface area contributed by atoms with E-state index in [9.17, 15) is 0 Å². The predicted molar refractivity (Wildman–Crippen MR) is 77.9 cm³/mol. The number of benzene rings is 1. The second-order valence-corrected chi connectivity index (χ2v) is 5.07. The molecule has 0 spiro atoms. The van der Waals surface area contributed by atoms with E-state index in [1.807, 2.05) is 6.07 Å². The Morgan fingerprint density at radius 1 is 1.22 bits per heavy atom. The molecule has 102 valence electrons. The third-order valence-electron chi connectivity index (χ3n) is 3.34. The zero-order chi connectivity index (χ0) is 13.4. The van der Waals surface area contributed by atoms with Crippen LogP contribution in [0.25, 0.3) is 0 Å². The molecule has 0 radical (unpaired) electrons. The molecular formula is C16H27NO. The molecule has 1 aromatic rings. The number of hydrogen-bond acceptors (Lipinski definition) is 2. The van der Waals surface area contributed by atoms with Gasteiger partial charge in [-0.1, -0.05) is 32.3 Å². The van der Waals surface area contributed by atoms with Crippen molar-refractivity contribution in [3.05, 3.63) is 29.3 Å². The zero-order valence-electron chi connectivity index (χ0n) is 12.0. The van der Waals surface area contributed by atoms with Gasteiger partial charge in [0, 0.05) is 6.54 Å². The summed E-state index contributed by atoms with van der Waals surface area (Å²) in [4.78, 5) is 0. The monoisotopic (exact) mass is 249 g/mol. The molecule has 0 bridgehead atoms. The van der Waals surface area contributed by atoms with Crippen LogP contribution in [0.2, 0.25) is 0 Å². The second kappa shape index (κ2) is 8.15. The smallest absolute Gasteiger partial charge is 0.119 e. The number of unbranched alkanes of at least 4 members (excludes halogenated alkanes) is 3. The highest BCUT2D eigenvalue weighted by Gasteiger charge is 2.05. The number of nitrogens with two attached hydrogens (primary N) is 1. The Morgan fingerprint density at radius 3 is 2.61 bits per heavy atom. The molecule has 0 aliphatic rings. The lowest BCUT2D eigenvalue weighted by atomic mass is 10.1. The van der Waals surface area contributed by atoms with Crippen molar-refractivity contribution in [3.63, 3.8) is 0 Å². The first-order valence-corrected chi connectivity index (χ1v) is 7.13. The van der Waals surface area contributed by atoms with E-state index in [1.54, 1.807) is 0 Å². The summed E-state index contributed by atoms with van der Waals surface area (Å²) in [5.41, 5.74) is 8.06. The van der Waals surface area contributed by atoms with Crippen molar-refractivity contribution >= 4 is 0 Å². The Hall–Kier alpha value is -1.02. The third kappa shape index (κ3) is 5.09. The Kier molecular flexibility index (Phi) is 6.81. The topological polar surface area (TPSA) is 35.2 Å². The highest BCUT2D eigenvalue weighted by Crippen LogP contribution is 2.19. The second-order valence-electron chi connectivity index (χ2n) is 5.07. The average Bonchev–Trinajstić information content (AvgIpc) is 2.35. The van der Waals surface area contributed by atoms with E-state index in [0.717, 1.165) is 12.2 Å². The highest BCUT2D eigenvalue weighted by molar-refractivity contribution is 5.34. The molecule has 0 heterocycles. The summed E-state index contributed by atoms with van der Waals surface area (Å²) in [6.45, 7) is 7.07. The Balaban J connectivity index is 2.39. The lowest BCUT2D eigenvalue weighted by Gasteiger charge is -2.15. The molecule has 0 aromatic heterocycles. The van der Waals surface area contributed by atoms with Gasteiger partial charge < -0.3 is 10.5 Å². The molecule has 0 saturated heterocycles. The molecule has 1 rings (SSSR count). The van der Waals surface area contributed by atoms with Crippen molar-refractivity contribution in [2.24, 2.45) is 5.73 Å². The van der Waals surface area contributed by atoms with E-state index >= 15 is 0 Å². The maximum Gasteiger partial charge on any atom is 0.119 e. The van der Waals surface area contributed by atoms with E-state index in [-0.39, 0.29) is 0 Å². The van der Waals surface area contributed by atoms with Gasteiger partial charge in [0.1, 0.15) is 5.75 Å². The van der Waals surface area contributed by atoms with Crippen LogP contribution >= 0.6 is 0 Å². The minimum atomic E-state index is 0.296. The van der Waals surface area contributed by atoms with Crippen LogP contribution < -0.4 is 10.5 Å². The lowest BCUT2D eigenvalue weighted by molar-refractivity contribution is 0.206. The standard InChI is InChI=1S/C16H27NO/c1-4-5-6-7-8-14(3)18-16-10-9-15(12-17)13(2)11-16/h9-11,14H,4-8,12,17H2,1-3H3. The van der Waals surface area contributed by atoms with E-state index in [0.29, 0.717) is 12.6 Å². The summed E-state index contributed by atoms with van der Waals surface area (Å²) in [6.07, 6.45) is 6.62. The fourth-order valence-corrected chi connectivity index (χ4v) is 2.12. The van der Waals surface area contributed by atoms with Crippen molar-refractivity contribution < 1.29 is 4.74 Å². The summed E-state index contributed by atoms with van der Waals surface area (Å²) < 4.78 is 5.93. The Labute approximate surface area is 112 Å². The Bertz CT molecular complexity index is 349. The maximum absolute atomic E-state index is 5.93. The number of hydrogen-bond donors (Lipinski definition) is 1. The van der Waals surface area contributed by atoms with Gasteiger partial charge in [-0.3, -0.25) is 0 Å². The van der Waals surface area contributed by atoms with Crippen LogP contribution in [-0.4, -0.2) is 6.10 Å². The molecule has 2 heteroatoms. The van der Waals surface area contributed by atoms with Gasteiger partial charge in [0.15, 0.2) is 0 Å². The number of rotatable bonds is 8. The van der Waals surface area contributed by atoms with Gasteiger partial charge in [-0.05, 0) is 49.9 Å². The van der Waals surface area contributed by atoms with E-state index < -0.39 is 0 Å². The normalized spacial score (nSPS) is 12.4. The lowest BCUT2D eigenvalue weighted by Crippen LogP contribution is -2.12. The maximum atomic E-state index is 5.93. The molecule has 1 unspecified atom stereocenters. The zero-order valence-corrected chi connectivity index (χ0v) is 12.0. The van der Waals surface area contributed by atoms with E-state index in [1.165, 1.54) is 36.8 Å². The molecule has 0 saturated carbocycles. The van der Waals surface area contributed by atoms with Gasteiger partial charge in [0.2, 0.25) is 0 Å². The third-order valence-corrected chi connectivity index (χ3v) is 3.34. The van der Waals surface area contributed by atoms with E-state index in [4.69, 9.17) is 10.5 Å². The molecule has 2 nitrogen and oxygen atoms in total. The van der Waals surface area contributed by atoms with E-state index in [2.05, 4.69) is 32.9 Å². The summed E-state index contributed by atoms with van der Waals surface area (Å²) in [6, 6.07) is 6.18. The first kappa shape index (κ1) is 15.0. The van der Waals surface area contributed by atoms with Gasteiger partial charge in [0.05, 0.1) is 6.10 Å². The SMILES string of the molecule is CCCCCCC(C)Oc1ccc(CN)c(C)c1. The van der Waals surface area contributed by atoms with Gasteiger partial charge in [-0.15, -0.1) is 0 Å². The van der Waals surface area contributed by atoms with Gasteiger partial charge in [-0.2, -0.15) is 0 Å². The molecule has 2 N–H and O–H groups in total. The largest absolute Gasteiger partial charge is 0.491 e. The van der Waals surface area contributed by atoms with Gasteiger partial charge in [0.25, 0.3) is 0 Å². The van der Waals surface area contributed by atoms with Crippen molar-refractivity contribution in [1.82, 2.24) is 0 Å². The minimum Gasteiger partial charge on any atom is -0.491 e. The van der Waals surface area contributed by atoms with Crippen LogP contribution in [0.4, 0.5) is 0 Å². The van der Waals surface area contributed by atoms with Gasteiger partial charge >= 0.3 is 0 Å². The summed E-state index contributed by atoms with van der Waals surface area (Å²) >= 11 is 0. The highest BCUT2D eigenvalue weighted by atomic mass is 16.5. The van der Waals surface area contributed by atoms with Crippen molar-refractivity contribution in [2.75, 3.05) is 0 Å². The molecule has 0 fully saturated rings. The summed E-state index contributed by atoms with van der Waals surface area (Å²) in [7, 11) is 0. The van der Waals surface area contributed by atoms with Crippen molar-refractivity contribution in [3.8, 4) is 5.75 Å².